The summed E-state index contributed by atoms with van der Waals surface area (Å²) >= 11 is 0. The Balaban J connectivity index is 0.894. The van der Waals surface area contributed by atoms with Crippen LogP contribution in [0.3, 0.4) is 0 Å². The van der Waals surface area contributed by atoms with E-state index in [1.807, 2.05) is 48.5 Å². The van der Waals surface area contributed by atoms with E-state index in [2.05, 4.69) is 137 Å². The highest BCUT2D eigenvalue weighted by molar-refractivity contribution is 6.14. The summed E-state index contributed by atoms with van der Waals surface area (Å²) in [5.74, 6) is 1.70. The summed E-state index contributed by atoms with van der Waals surface area (Å²) in [7, 11) is 0. The van der Waals surface area contributed by atoms with Crippen LogP contribution in [0.4, 0.5) is 0 Å². The van der Waals surface area contributed by atoms with Gasteiger partial charge in [-0.15, -0.1) is 0 Å². The summed E-state index contributed by atoms with van der Waals surface area (Å²) < 4.78 is 14.7. The van der Waals surface area contributed by atoms with Gasteiger partial charge in [0.15, 0.2) is 23.1 Å². The molecule has 7 heteroatoms. The molecule has 13 rings (SSSR count). The third kappa shape index (κ3) is 5.38. The summed E-state index contributed by atoms with van der Waals surface area (Å²) in [6.07, 6.45) is 3.53. The molecule has 0 amide bonds. The van der Waals surface area contributed by atoms with Crippen molar-refractivity contribution in [2.75, 3.05) is 0 Å². The number of hydrogen-bond acceptors (Lipinski definition) is 6. The predicted molar refractivity (Wildman–Crippen MR) is 246 cm³/mol. The fourth-order valence-corrected chi connectivity index (χ4v) is 8.95. The zero-order valence-corrected chi connectivity index (χ0v) is 32.5. The van der Waals surface area contributed by atoms with Gasteiger partial charge in [-0.3, -0.25) is 4.98 Å². The molecule has 0 bridgehead atoms. The number of benzene rings is 8. The second-order valence-electron chi connectivity index (χ2n) is 15.5. The molecule has 13 aromatic rings. The van der Waals surface area contributed by atoms with E-state index < -0.39 is 0 Å². The minimum absolute atomic E-state index is 0.551. The monoisotopic (exact) mass is 781 g/mol. The molecule has 8 aromatic carbocycles. The summed E-state index contributed by atoms with van der Waals surface area (Å²) in [6.45, 7) is 0. The normalized spacial score (nSPS) is 11.9. The Morgan fingerprint density at radius 1 is 0.344 bits per heavy atom. The first-order valence-corrected chi connectivity index (χ1v) is 20.3. The van der Waals surface area contributed by atoms with E-state index in [0.717, 1.165) is 77.4 Å². The lowest BCUT2D eigenvalue weighted by Crippen LogP contribution is -2.00. The van der Waals surface area contributed by atoms with Crippen LogP contribution in [0.5, 0.6) is 0 Å². The van der Waals surface area contributed by atoms with Crippen LogP contribution >= 0.6 is 0 Å². The predicted octanol–water partition coefficient (Wildman–Crippen LogP) is 14.0. The van der Waals surface area contributed by atoms with Gasteiger partial charge >= 0.3 is 0 Å². The molecule has 0 spiro atoms. The minimum atomic E-state index is 0.551. The number of hydrogen-bond donors (Lipinski definition) is 0. The maximum Gasteiger partial charge on any atom is 0.164 e. The van der Waals surface area contributed by atoms with Gasteiger partial charge in [0.1, 0.15) is 16.7 Å². The van der Waals surface area contributed by atoms with Gasteiger partial charge in [-0.05, 0) is 94.7 Å². The minimum Gasteiger partial charge on any atom is -0.456 e. The summed E-state index contributed by atoms with van der Waals surface area (Å²) in [6, 6.07) is 61.4. The van der Waals surface area contributed by atoms with E-state index in [-0.39, 0.29) is 0 Å². The van der Waals surface area contributed by atoms with E-state index >= 15 is 0 Å². The molecule has 284 valence electrons. The maximum atomic E-state index is 6.22. The molecule has 0 aliphatic rings. The zero-order chi connectivity index (χ0) is 40.0. The van der Waals surface area contributed by atoms with E-state index in [0.29, 0.717) is 17.5 Å². The van der Waals surface area contributed by atoms with E-state index in [1.54, 1.807) is 12.4 Å². The number of rotatable bonds is 5. The molecule has 0 unspecified atom stereocenters. The first-order chi connectivity index (χ1) is 30.2. The molecule has 7 nitrogen and oxygen atoms in total. The van der Waals surface area contributed by atoms with Gasteiger partial charge in [-0.25, -0.2) is 15.0 Å². The Kier molecular flexibility index (Phi) is 7.17. The molecule has 5 heterocycles. The van der Waals surface area contributed by atoms with Crippen molar-refractivity contribution in [2.45, 2.75) is 0 Å². The summed E-state index contributed by atoms with van der Waals surface area (Å²) in [5, 5.41) is 9.06. The lowest BCUT2D eigenvalue weighted by molar-refractivity contribution is 0.667. The van der Waals surface area contributed by atoms with Gasteiger partial charge in [0.05, 0.1) is 17.2 Å². The molecule has 0 saturated heterocycles. The summed E-state index contributed by atoms with van der Waals surface area (Å²) in [4.78, 5) is 19.5. The number of nitrogens with zero attached hydrogens (tertiary/aromatic N) is 5. The smallest absolute Gasteiger partial charge is 0.164 e. The third-order valence-electron chi connectivity index (χ3n) is 11.9. The van der Waals surface area contributed by atoms with Gasteiger partial charge in [-0.1, -0.05) is 103 Å². The van der Waals surface area contributed by atoms with Crippen molar-refractivity contribution in [2.24, 2.45) is 0 Å². The number of pyridine rings is 1. The molecule has 0 fully saturated rings. The SMILES string of the molecule is c1ccc2cc3c(cc2c1)c1ccccc1n3-c1ccc(-c2ccc(-c3nc(-c4ccc5c(c4)oc4cnccc45)nc(-c4ccc5oc6ccccc6c5c4)n3)cc2)cc1. The molecule has 0 N–H and O–H groups in total. The second kappa shape index (κ2) is 13.0. The van der Waals surface area contributed by atoms with Crippen molar-refractivity contribution < 1.29 is 8.83 Å². The Bertz CT molecular complexity index is 3880. The largest absolute Gasteiger partial charge is 0.456 e. The average molecular weight is 782 g/mol. The first kappa shape index (κ1) is 33.5. The Labute approximate surface area is 347 Å². The van der Waals surface area contributed by atoms with Crippen LogP contribution in [-0.4, -0.2) is 24.5 Å². The summed E-state index contributed by atoms with van der Waals surface area (Å²) in [5.41, 5.74) is 11.4. The number of fused-ring (bicyclic) bond motifs is 10. The van der Waals surface area contributed by atoms with Crippen molar-refractivity contribution in [3.05, 3.63) is 188 Å². The van der Waals surface area contributed by atoms with Crippen LogP contribution in [0.25, 0.3) is 127 Å². The third-order valence-corrected chi connectivity index (χ3v) is 11.9. The lowest BCUT2D eigenvalue weighted by Gasteiger charge is -2.11. The number of para-hydroxylation sites is 2. The lowest BCUT2D eigenvalue weighted by atomic mass is 10.0. The molecule has 0 saturated carbocycles. The van der Waals surface area contributed by atoms with Gasteiger partial charge in [0, 0.05) is 60.9 Å². The van der Waals surface area contributed by atoms with Crippen molar-refractivity contribution in [1.29, 1.82) is 0 Å². The van der Waals surface area contributed by atoms with Crippen molar-refractivity contribution in [1.82, 2.24) is 24.5 Å². The molecule has 61 heavy (non-hydrogen) atoms. The van der Waals surface area contributed by atoms with Gasteiger partial charge in [0.2, 0.25) is 0 Å². The van der Waals surface area contributed by atoms with Crippen LogP contribution in [0.1, 0.15) is 0 Å². The van der Waals surface area contributed by atoms with Crippen molar-refractivity contribution in [3.63, 3.8) is 0 Å². The van der Waals surface area contributed by atoms with Crippen molar-refractivity contribution >= 4 is 76.5 Å². The Morgan fingerprint density at radius 2 is 0.918 bits per heavy atom. The zero-order valence-electron chi connectivity index (χ0n) is 32.5. The Morgan fingerprint density at radius 3 is 1.74 bits per heavy atom. The Hall–Kier alpha value is -8.42. The van der Waals surface area contributed by atoms with Crippen LogP contribution in [0, 0.1) is 0 Å². The second-order valence-corrected chi connectivity index (χ2v) is 15.5. The fraction of sp³-hybridized carbons (Fsp3) is 0. The molecule has 5 aromatic heterocycles. The fourth-order valence-electron chi connectivity index (χ4n) is 8.95. The van der Waals surface area contributed by atoms with Gasteiger partial charge in [0.25, 0.3) is 0 Å². The maximum absolute atomic E-state index is 6.22. The van der Waals surface area contributed by atoms with Crippen LogP contribution < -0.4 is 0 Å². The molecule has 0 radical (unpaired) electrons. The van der Waals surface area contributed by atoms with Gasteiger partial charge < -0.3 is 13.4 Å². The van der Waals surface area contributed by atoms with E-state index in [1.165, 1.54) is 32.6 Å². The molecular weight excluding hydrogens is 751 g/mol. The topological polar surface area (TPSA) is 82.8 Å². The standard InChI is InChI=1S/C54H31N5O2/c1-2-8-36-29-47-44(27-35(36)7-1)40-9-3-5-11-46(40)59(47)39-21-17-33(18-22-39)32-13-15-34(16-14-32)52-56-53(37-20-24-49-45(28-37)41-10-4-6-12-48(41)60-49)58-54(57-52)38-19-23-42-43-25-26-55-31-51(43)61-50(42)30-38/h1-31H. The molecule has 0 atom stereocenters. The van der Waals surface area contributed by atoms with Crippen LogP contribution in [0.15, 0.2) is 197 Å². The first-order valence-electron chi connectivity index (χ1n) is 20.3. The molecule has 0 aliphatic carbocycles. The van der Waals surface area contributed by atoms with E-state index in [9.17, 15) is 0 Å². The number of aromatic nitrogens is 5. The molecular formula is C54H31N5O2. The average Bonchev–Trinajstić information content (AvgIpc) is 3.99. The highest BCUT2D eigenvalue weighted by Crippen LogP contribution is 2.37. The molecule has 0 aliphatic heterocycles. The number of furan rings is 2. The van der Waals surface area contributed by atoms with Crippen LogP contribution in [0.2, 0.25) is 0 Å². The van der Waals surface area contributed by atoms with Crippen LogP contribution in [-0.2, 0) is 0 Å². The van der Waals surface area contributed by atoms with Gasteiger partial charge in [-0.2, -0.15) is 0 Å². The van der Waals surface area contributed by atoms with E-state index in [4.69, 9.17) is 23.8 Å². The highest BCUT2D eigenvalue weighted by atomic mass is 16.3. The van der Waals surface area contributed by atoms with Crippen molar-refractivity contribution in [3.8, 4) is 51.0 Å². The highest BCUT2D eigenvalue weighted by Gasteiger charge is 2.18. The quantitative estimate of drug-likeness (QED) is 0.173.